The number of benzene rings is 1. The molecule has 2 fully saturated rings. The Morgan fingerprint density at radius 1 is 1.19 bits per heavy atom. The molecule has 1 aromatic carbocycles. The largest absolute Gasteiger partial charge is 0.343 e. The summed E-state index contributed by atoms with van der Waals surface area (Å²) in [6.07, 6.45) is 1.49. The molecule has 31 heavy (non-hydrogen) atoms. The third-order valence-corrected chi connectivity index (χ3v) is 6.64. The van der Waals surface area contributed by atoms with Gasteiger partial charge in [-0.1, -0.05) is 12.1 Å². The Bertz CT molecular complexity index is 838. The number of rotatable bonds is 7. The summed E-state index contributed by atoms with van der Waals surface area (Å²) >= 11 is 0. The molecule has 1 aromatic rings. The van der Waals surface area contributed by atoms with Gasteiger partial charge in [0.05, 0.1) is 5.41 Å². The van der Waals surface area contributed by atoms with Crippen molar-refractivity contribution >= 4 is 17.7 Å². The Morgan fingerprint density at radius 2 is 1.87 bits per heavy atom. The minimum absolute atomic E-state index is 0.102. The molecule has 0 spiro atoms. The van der Waals surface area contributed by atoms with Crippen LogP contribution in [0.3, 0.4) is 0 Å². The van der Waals surface area contributed by atoms with Gasteiger partial charge in [-0.2, -0.15) is 0 Å². The second kappa shape index (κ2) is 9.44. The summed E-state index contributed by atoms with van der Waals surface area (Å²) < 4.78 is 14.1. The molecule has 0 saturated carbocycles. The van der Waals surface area contributed by atoms with Crippen molar-refractivity contribution in [3.05, 3.63) is 35.6 Å². The number of likely N-dealkylation sites (tertiary alicyclic amines) is 2. The van der Waals surface area contributed by atoms with E-state index in [1.807, 2.05) is 19.0 Å². The van der Waals surface area contributed by atoms with Gasteiger partial charge >= 0.3 is 0 Å². The van der Waals surface area contributed by atoms with Gasteiger partial charge in [0.15, 0.2) is 0 Å². The lowest BCUT2D eigenvalue weighted by Crippen LogP contribution is -2.48. The maximum atomic E-state index is 14.1. The fourth-order valence-corrected chi connectivity index (χ4v) is 4.55. The van der Waals surface area contributed by atoms with Gasteiger partial charge in [0.2, 0.25) is 17.7 Å². The molecule has 3 rings (SSSR count). The van der Waals surface area contributed by atoms with Crippen LogP contribution in [0, 0.1) is 5.82 Å². The van der Waals surface area contributed by atoms with Crippen LogP contribution in [0.4, 0.5) is 4.39 Å². The Hall–Kier alpha value is -2.32. The Morgan fingerprint density at radius 3 is 2.48 bits per heavy atom. The first-order valence-corrected chi connectivity index (χ1v) is 10.8. The van der Waals surface area contributed by atoms with E-state index in [0.29, 0.717) is 12.1 Å². The van der Waals surface area contributed by atoms with Crippen molar-refractivity contribution in [1.29, 1.82) is 0 Å². The number of amides is 3. The number of hydrogen-bond donors (Lipinski definition) is 0. The second-order valence-electron chi connectivity index (χ2n) is 9.14. The molecule has 0 bridgehead atoms. The highest BCUT2D eigenvalue weighted by molar-refractivity contribution is 6.10. The molecule has 0 aromatic heterocycles. The van der Waals surface area contributed by atoms with Crippen LogP contribution in [0.15, 0.2) is 24.3 Å². The topological polar surface area (TPSA) is 64.2 Å². The van der Waals surface area contributed by atoms with Crippen molar-refractivity contribution in [2.24, 2.45) is 0 Å². The van der Waals surface area contributed by atoms with Crippen LogP contribution in [0.5, 0.6) is 0 Å². The molecule has 2 aliphatic rings. The Balaban J connectivity index is 1.88. The van der Waals surface area contributed by atoms with Gasteiger partial charge < -0.3 is 14.7 Å². The highest BCUT2D eigenvalue weighted by Gasteiger charge is 2.54. The van der Waals surface area contributed by atoms with Gasteiger partial charge in [-0.15, -0.1) is 0 Å². The van der Waals surface area contributed by atoms with E-state index in [0.717, 1.165) is 25.9 Å². The third-order valence-electron chi connectivity index (χ3n) is 6.64. The number of imide groups is 1. The fraction of sp³-hybridized carbons (Fsp3) is 0.609. The van der Waals surface area contributed by atoms with E-state index in [4.69, 9.17) is 0 Å². The first kappa shape index (κ1) is 23.3. The van der Waals surface area contributed by atoms with Crippen molar-refractivity contribution in [2.75, 3.05) is 54.4 Å². The lowest BCUT2D eigenvalue weighted by atomic mass is 9.75. The van der Waals surface area contributed by atoms with Crippen LogP contribution in [0.2, 0.25) is 0 Å². The summed E-state index contributed by atoms with van der Waals surface area (Å²) in [6, 6.07) is 5.85. The van der Waals surface area contributed by atoms with Crippen LogP contribution < -0.4 is 0 Å². The van der Waals surface area contributed by atoms with E-state index in [-0.39, 0.29) is 37.2 Å². The average molecular weight is 433 g/mol. The Labute approximate surface area is 183 Å². The van der Waals surface area contributed by atoms with Crippen molar-refractivity contribution in [2.45, 2.75) is 37.1 Å². The van der Waals surface area contributed by atoms with Crippen molar-refractivity contribution in [3.8, 4) is 0 Å². The van der Waals surface area contributed by atoms with E-state index in [9.17, 15) is 18.8 Å². The highest BCUT2D eigenvalue weighted by atomic mass is 19.1. The van der Waals surface area contributed by atoms with Gasteiger partial charge in [0, 0.05) is 39.0 Å². The average Bonchev–Trinajstić information content (AvgIpc) is 2.96. The second-order valence-corrected chi connectivity index (χ2v) is 9.14. The lowest BCUT2D eigenvalue weighted by molar-refractivity contribution is -0.143. The molecule has 2 heterocycles. The predicted octanol–water partition coefficient (Wildman–Crippen LogP) is 1.33. The van der Waals surface area contributed by atoms with Gasteiger partial charge in [-0.05, 0) is 64.8 Å². The number of carbonyl (C=O) groups excluding carboxylic acids is 3. The minimum atomic E-state index is -1.36. The SMILES string of the molecule is CN(C)CCN1C(=O)CC(CC(=O)N(C)C2CCN(C)CC2)(c2cccc(F)c2)C1=O. The molecular weight excluding hydrogens is 399 g/mol. The minimum Gasteiger partial charge on any atom is -0.343 e. The zero-order valence-corrected chi connectivity index (χ0v) is 18.9. The van der Waals surface area contributed by atoms with Gasteiger partial charge in [-0.25, -0.2) is 4.39 Å². The van der Waals surface area contributed by atoms with Crippen LogP contribution in [-0.4, -0.2) is 97.7 Å². The van der Waals surface area contributed by atoms with Crippen LogP contribution in [-0.2, 0) is 19.8 Å². The monoisotopic (exact) mass is 432 g/mol. The van der Waals surface area contributed by atoms with E-state index in [2.05, 4.69) is 11.9 Å². The van der Waals surface area contributed by atoms with E-state index in [1.54, 1.807) is 18.0 Å². The molecule has 1 unspecified atom stereocenters. The van der Waals surface area contributed by atoms with Gasteiger partial charge in [-0.3, -0.25) is 19.3 Å². The smallest absolute Gasteiger partial charge is 0.240 e. The number of nitrogens with zero attached hydrogens (tertiary/aromatic N) is 4. The zero-order valence-electron chi connectivity index (χ0n) is 18.9. The molecule has 0 aliphatic carbocycles. The third kappa shape index (κ3) is 4.96. The number of likely N-dealkylation sites (N-methyl/N-ethyl adjacent to an activating group) is 1. The summed E-state index contributed by atoms with van der Waals surface area (Å²) in [5.41, 5.74) is -0.967. The number of piperidine rings is 1. The summed E-state index contributed by atoms with van der Waals surface area (Å²) in [7, 11) is 7.56. The van der Waals surface area contributed by atoms with Crippen molar-refractivity contribution in [1.82, 2.24) is 19.6 Å². The van der Waals surface area contributed by atoms with Crippen LogP contribution in [0.25, 0.3) is 0 Å². The molecular formula is C23H33FN4O3. The first-order valence-electron chi connectivity index (χ1n) is 10.8. The number of halogens is 1. The molecule has 0 radical (unpaired) electrons. The van der Waals surface area contributed by atoms with Crippen LogP contribution >= 0.6 is 0 Å². The molecule has 2 saturated heterocycles. The highest BCUT2D eigenvalue weighted by Crippen LogP contribution is 2.40. The van der Waals surface area contributed by atoms with E-state index in [1.165, 1.54) is 23.1 Å². The predicted molar refractivity (Wildman–Crippen MR) is 116 cm³/mol. The Kier molecular flexibility index (Phi) is 7.11. The zero-order chi connectivity index (χ0) is 22.8. The van der Waals surface area contributed by atoms with Crippen molar-refractivity contribution < 1.29 is 18.8 Å². The first-order chi connectivity index (χ1) is 14.6. The summed E-state index contributed by atoms with van der Waals surface area (Å²) in [5.74, 6) is -1.39. The molecule has 8 heteroatoms. The summed E-state index contributed by atoms with van der Waals surface area (Å²) in [6.45, 7) is 2.60. The van der Waals surface area contributed by atoms with E-state index < -0.39 is 17.1 Å². The summed E-state index contributed by atoms with van der Waals surface area (Å²) in [4.78, 5) is 46.7. The van der Waals surface area contributed by atoms with E-state index >= 15 is 0 Å². The number of carbonyl (C=O) groups is 3. The van der Waals surface area contributed by atoms with Crippen molar-refractivity contribution in [3.63, 3.8) is 0 Å². The molecule has 0 N–H and O–H groups in total. The molecule has 3 amide bonds. The molecule has 1 atom stereocenters. The van der Waals surface area contributed by atoms with Gasteiger partial charge in [0.1, 0.15) is 5.82 Å². The molecule has 7 nitrogen and oxygen atoms in total. The van der Waals surface area contributed by atoms with Gasteiger partial charge in [0.25, 0.3) is 0 Å². The normalized spacial score (nSPS) is 23.1. The quantitative estimate of drug-likeness (QED) is 0.609. The molecule has 170 valence electrons. The lowest BCUT2D eigenvalue weighted by Gasteiger charge is -2.37. The van der Waals surface area contributed by atoms with Crippen LogP contribution in [0.1, 0.15) is 31.2 Å². The summed E-state index contributed by atoms with van der Waals surface area (Å²) in [5, 5.41) is 0. The fourth-order valence-electron chi connectivity index (χ4n) is 4.55. The maximum absolute atomic E-state index is 14.1. The molecule has 2 aliphatic heterocycles. The standard InChI is InChI=1S/C23H33FN4O3/c1-25(2)12-13-28-21(30)16-23(22(28)31,17-6-5-7-18(24)14-17)15-20(29)27(4)19-8-10-26(3)11-9-19/h5-7,14,19H,8-13,15-16H2,1-4H3. The number of hydrogen-bond acceptors (Lipinski definition) is 5. The maximum Gasteiger partial charge on any atom is 0.240 e.